The zero-order valence-corrected chi connectivity index (χ0v) is 13.2. The number of benzene rings is 1. The van der Waals surface area contributed by atoms with Gasteiger partial charge in [-0.25, -0.2) is 13.1 Å². The molecule has 0 bridgehead atoms. The van der Waals surface area contributed by atoms with Gasteiger partial charge in [0.15, 0.2) is 0 Å². The van der Waals surface area contributed by atoms with Crippen molar-refractivity contribution < 1.29 is 8.42 Å². The molecule has 0 heterocycles. The lowest BCUT2D eigenvalue weighted by molar-refractivity contribution is 0.519. The fraction of sp³-hybridized carbons (Fsp3) is 0.500. The smallest absolute Gasteiger partial charge is 0.240 e. The molecule has 0 atom stereocenters. The maximum absolute atomic E-state index is 12.3. The summed E-state index contributed by atoms with van der Waals surface area (Å²) >= 11 is 4.89. The third-order valence-corrected chi connectivity index (χ3v) is 5.61. The zero-order valence-electron chi connectivity index (χ0n) is 11.6. The molecule has 0 aromatic heterocycles. The van der Waals surface area contributed by atoms with Crippen LogP contribution in [0.25, 0.3) is 0 Å². The number of nitrogens with one attached hydrogen (secondary N) is 1. The van der Waals surface area contributed by atoms with Crippen molar-refractivity contribution in [2.75, 3.05) is 6.54 Å². The van der Waals surface area contributed by atoms with Gasteiger partial charge in [-0.3, -0.25) is 0 Å². The predicted molar refractivity (Wildman–Crippen MR) is 84.2 cm³/mol. The molecule has 0 aliphatic heterocycles. The fourth-order valence-electron chi connectivity index (χ4n) is 2.62. The van der Waals surface area contributed by atoms with Crippen molar-refractivity contribution in [2.24, 2.45) is 11.7 Å². The summed E-state index contributed by atoms with van der Waals surface area (Å²) < 4.78 is 27.3. The normalized spacial score (nSPS) is 16.4. The van der Waals surface area contributed by atoms with E-state index in [2.05, 4.69) is 4.72 Å². The first kappa shape index (κ1) is 15.4. The summed E-state index contributed by atoms with van der Waals surface area (Å²) in [7, 11) is -3.45. The van der Waals surface area contributed by atoms with Crippen molar-refractivity contribution in [3.05, 3.63) is 29.3 Å². The third-order valence-electron chi connectivity index (χ3n) is 3.79. The van der Waals surface area contributed by atoms with Gasteiger partial charge in [0.1, 0.15) is 4.99 Å². The molecular formula is C14H20N2O2S2. The highest BCUT2D eigenvalue weighted by Crippen LogP contribution is 2.24. The molecule has 0 spiro atoms. The molecule has 110 valence electrons. The van der Waals surface area contributed by atoms with E-state index < -0.39 is 10.0 Å². The Balaban J connectivity index is 2.14. The van der Waals surface area contributed by atoms with Crippen LogP contribution in [0.15, 0.2) is 23.1 Å². The number of rotatable bonds is 5. The number of hydrogen-bond acceptors (Lipinski definition) is 3. The highest BCUT2D eigenvalue weighted by atomic mass is 32.2. The van der Waals surface area contributed by atoms with Gasteiger partial charge in [0.2, 0.25) is 10.0 Å². The first-order valence-corrected chi connectivity index (χ1v) is 8.69. The van der Waals surface area contributed by atoms with Crippen molar-refractivity contribution in [1.82, 2.24) is 4.72 Å². The lowest BCUT2D eigenvalue weighted by atomic mass is 10.1. The van der Waals surface area contributed by atoms with E-state index in [-0.39, 0.29) is 4.99 Å². The van der Waals surface area contributed by atoms with Crippen LogP contribution in [0.5, 0.6) is 0 Å². The maximum Gasteiger partial charge on any atom is 0.240 e. The van der Waals surface area contributed by atoms with Crippen molar-refractivity contribution >= 4 is 27.2 Å². The van der Waals surface area contributed by atoms with E-state index in [1.54, 1.807) is 25.1 Å². The van der Waals surface area contributed by atoms with Gasteiger partial charge in [-0.2, -0.15) is 0 Å². The van der Waals surface area contributed by atoms with Gasteiger partial charge in [0, 0.05) is 12.1 Å². The number of thiocarbonyl (C=S) groups is 1. The van der Waals surface area contributed by atoms with E-state index in [1.165, 1.54) is 12.8 Å². The van der Waals surface area contributed by atoms with Gasteiger partial charge < -0.3 is 5.73 Å². The number of nitrogens with two attached hydrogens (primary N) is 1. The molecule has 0 unspecified atom stereocenters. The summed E-state index contributed by atoms with van der Waals surface area (Å²) in [6, 6.07) is 4.94. The second-order valence-electron chi connectivity index (χ2n) is 5.35. The quantitative estimate of drug-likeness (QED) is 0.817. The first-order valence-electron chi connectivity index (χ1n) is 6.80. The Morgan fingerprint density at radius 1 is 1.40 bits per heavy atom. The lowest BCUT2D eigenvalue weighted by Crippen LogP contribution is -2.29. The van der Waals surface area contributed by atoms with E-state index in [0.29, 0.717) is 28.5 Å². The third kappa shape index (κ3) is 3.56. The van der Waals surface area contributed by atoms with Crippen LogP contribution >= 0.6 is 12.2 Å². The van der Waals surface area contributed by atoms with Gasteiger partial charge in [-0.1, -0.05) is 31.1 Å². The monoisotopic (exact) mass is 312 g/mol. The molecule has 0 saturated heterocycles. The molecule has 1 aliphatic rings. The SMILES string of the molecule is Cc1cc(C(N)=S)ccc1S(=O)(=O)NCC1CCCC1. The molecule has 0 radical (unpaired) electrons. The van der Waals surface area contributed by atoms with E-state index in [4.69, 9.17) is 18.0 Å². The standard InChI is InChI=1S/C14H20N2O2S2/c1-10-8-12(14(15)19)6-7-13(10)20(17,18)16-9-11-4-2-3-5-11/h6-8,11,16H,2-5,9H2,1H3,(H2,15,19). The summed E-state index contributed by atoms with van der Waals surface area (Å²) in [5, 5.41) is 0. The van der Waals surface area contributed by atoms with Crippen LogP contribution in [-0.2, 0) is 10.0 Å². The summed E-state index contributed by atoms with van der Waals surface area (Å²) in [6.45, 7) is 2.28. The van der Waals surface area contributed by atoms with Crippen molar-refractivity contribution in [1.29, 1.82) is 0 Å². The Kier molecular flexibility index (Phi) is 4.78. The summed E-state index contributed by atoms with van der Waals surface area (Å²) in [6.07, 6.45) is 4.63. The van der Waals surface area contributed by atoms with E-state index in [1.807, 2.05) is 0 Å². The van der Waals surface area contributed by atoms with E-state index >= 15 is 0 Å². The van der Waals surface area contributed by atoms with Crippen LogP contribution < -0.4 is 10.5 Å². The summed E-state index contributed by atoms with van der Waals surface area (Å²) in [5.41, 5.74) is 6.90. The van der Waals surface area contributed by atoms with Crippen molar-refractivity contribution in [3.8, 4) is 0 Å². The first-order chi connectivity index (χ1) is 9.40. The van der Waals surface area contributed by atoms with Crippen molar-refractivity contribution in [3.63, 3.8) is 0 Å². The minimum atomic E-state index is -3.45. The molecule has 1 aromatic rings. The Morgan fingerprint density at radius 2 is 2.05 bits per heavy atom. The average Bonchev–Trinajstić information content (AvgIpc) is 2.89. The highest BCUT2D eigenvalue weighted by Gasteiger charge is 2.21. The van der Waals surface area contributed by atoms with Crippen LogP contribution in [0.1, 0.15) is 36.8 Å². The number of sulfonamides is 1. The zero-order chi connectivity index (χ0) is 14.8. The second-order valence-corrected chi connectivity index (χ2v) is 7.52. The summed E-state index contributed by atoms with van der Waals surface area (Å²) in [4.78, 5) is 0.575. The van der Waals surface area contributed by atoms with Gasteiger partial charge >= 0.3 is 0 Å². The molecule has 3 N–H and O–H groups in total. The van der Waals surface area contributed by atoms with Gasteiger partial charge in [0.25, 0.3) is 0 Å². The minimum Gasteiger partial charge on any atom is -0.389 e. The van der Waals surface area contributed by atoms with Crippen LogP contribution in [0.2, 0.25) is 0 Å². The molecule has 6 heteroatoms. The Bertz CT molecular complexity index is 606. The molecule has 1 aromatic carbocycles. The molecule has 1 aliphatic carbocycles. The van der Waals surface area contributed by atoms with E-state index in [9.17, 15) is 8.42 Å². The number of hydrogen-bond donors (Lipinski definition) is 2. The maximum atomic E-state index is 12.3. The highest BCUT2D eigenvalue weighted by molar-refractivity contribution is 7.89. The lowest BCUT2D eigenvalue weighted by Gasteiger charge is -2.13. The minimum absolute atomic E-state index is 0.274. The van der Waals surface area contributed by atoms with Crippen LogP contribution in [0.4, 0.5) is 0 Å². The van der Waals surface area contributed by atoms with Crippen LogP contribution in [-0.4, -0.2) is 20.0 Å². The molecule has 4 nitrogen and oxygen atoms in total. The molecule has 1 saturated carbocycles. The largest absolute Gasteiger partial charge is 0.389 e. The molecular weight excluding hydrogens is 292 g/mol. The van der Waals surface area contributed by atoms with E-state index in [0.717, 1.165) is 12.8 Å². The van der Waals surface area contributed by atoms with Gasteiger partial charge in [-0.05, 0) is 43.4 Å². The topological polar surface area (TPSA) is 72.2 Å². The summed E-state index contributed by atoms with van der Waals surface area (Å²) in [5.74, 6) is 0.473. The van der Waals surface area contributed by atoms with Crippen LogP contribution in [0, 0.1) is 12.8 Å². The predicted octanol–water partition coefficient (Wildman–Crippen LogP) is 2.10. The van der Waals surface area contributed by atoms with Crippen molar-refractivity contribution in [2.45, 2.75) is 37.5 Å². The van der Waals surface area contributed by atoms with Gasteiger partial charge in [-0.15, -0.1) is 0 Å². The molecule has 1 fully saturated rings. The Hall–Kier alpha value is -0.980. The molecule has 20 heavy (non-hydrogen) atoms. The fourth-order valence-corrected chi connectivity index (χ4v) is 4.09. The average molecular weight is 312 g/mol. The second kappa shape index (κ2) is 6.20. The number of aryl methyl sites for hydroxylation is 1. The van der Waals surface area contributed by atoms with Crippen LogP contribution in [0.3, 0.4) is 0 Å². The molecule has 2 rings (SSSR count). The molecule has 0 amide bonds. The van der Waals surface area contributed by atoms with Gasteiger partial charge in [0.05, 0.1) is 4.90 Å². The Morgan fingerprint density at radius 3 is 2.60 bits per heavy atom. The Labute approximate surface area is 125 Å².